The number of rotatable bonds is 19. The Bertz CT molecular complexity index is 1460. The summed E-state index contributed by atoms with van der Waals surface area (Å²) in [5.74, 6) is -3.46. The molecule has 1 heterocycles. The zero-order valence-electron chi connectivity index (χ0n) is 30.9. The molecule has 5 amide bonds. The van der Waals surface area contributed by atoms with E-state index < -0.39 is 47.7 Å². The lowest BCUT2D eigenvalue weighted by molar-refractivity contribution is -0.149. The maximum absolute atomic E-state index is 14.0. The van der Waals surface area contributed by atoms with E-state index >= 15 is 0 Å². The number of hydrogen-bond acceptors (Lipinski definition) is 8. The minimum Gasteiger partial charge on any atom is -0.348 e. The molecule has 1 aliphatic rings. The van der Waals surface area contributed by atoms with Gasteiger partial charge in [-0.1, -0.05) is 74.5 Å². The highest BCUT2D eigenvalue weighted by Crippen LogP contribution is 2.20. The van der Waals surface area contributed by atoms with Crippen LogP contribution in [0, 0.1) is 11.8 Å². The SMILES string of the molecule is CCNC(=O)C(=O)N1CCN(C(=O)[C@@H](CCCCN)NC(=O)[C@H](CC(=O)[C@@H](Cc2ccccc2)NC(=O)[C@H](N)Cc2ccccc2)CC(C)C)CC1. The minimum atomic E-state index is -0.917. The molecule has 1 aliphatic heterocycles. The van der Waals surface area contributed by atoms with Crippen molar-refractivity contribution in [2.24, 2.45) is 23.3 Å². The molecule has 7 N–H and O–H groups in total. The molecule has 13 nitrogen and oxygen atoms in total. The summed E-state index contributed by atoms with van der Waals surface area (Å²) >= 11 is 0. The van der Waals surface area contributed by atoms with Crippen LogP contribution in [0.15, 0.2) is 60.7 Å². The van der Waals surface area contributed by atoms with Gasteiger partial charge < -0.3 is 37.2 Å². The average Bonchev–Trinajstić information content (AvgIpc) is 3.14. The molecule has 3 rings (SSSR count). The van der Waals surface area contributed by atoms with Crippen molar-refractivity contribution in [3.05, 3.63) is 71.8 Å². The maximum atomic E-state index is 14.0. The van der Waals surface area contributed by atoms with Gasteiger partial charge in [0.15, 0.2) is 5.78 Å². The number of nitrogens with zero attached hydrogens (tertiary/aromatic N) is 2. The van der Waals surface area contributed by atoms with Crippen LogP contribution in [0.5, 0.6) is 0 Å². The number of piperazine rings is 1. The highest BCUT2D eigenvalue weighted by atomic mass is 16.2. The van der Waals surface area contributed by atoms with Crippen LogP contribution < -0.4 is 27.4 Å². The van der Waals surface area contributed by atoms with Gasteiger partial charge in [0.2, 0.25) is 17.7 Å². The lowest BCUT2D eigenvalue weighted by atomic mass is 9.88. The number of benzene rings is 2. The van der Waals surface area contributed by atoms with Gasteiger partial charge in [0.1, 0.15) is 6.04 Å². The third-order valence-electron chi connectivity index (χ3n) is 9.17. The quantitative estimate of drug-likeness (QED) is 0.106. The summed E-state index contributed by atoms with van der Waals surface area (Å²) in [6, 6.07) is 16.1. The standard InChI is InChI=1S/C39H57N7O6/c1-4-42-37(50)39(52)46-21-19-45(20-22-46)38(51)32(17-11-12-18-40)43-35(48)30(23-27(2)3)26-34(47)33(25-29-15-9-6-10-16-29)44-36(49)31(41)24-28-13-7-5-8-14-28/h5-10,13-16,27,30-33H,4,11-12,17-26,40-41H2,1-3H3,(H,42,50)(H,43,48)(H,44,49)/t30-,31+,32+,33+/m0/s1. The molecule has 2 aromatic carbocycles. The first kappa shape index (κ1) is 41.8. The normalized spacial score (nSPS) is 15.3. The summed E-state index contributed by atoms with van der Waals surface area (Å²) < 4.78 is 0. The van der Waals surface area contributed by atoms with Crippen molar-refractivity contribution < 1.29 is 28.8 Å². The number of amides is 5. The molecule has 0 bridgehead atoms. The predicted molar refractivity (Wildman–Crippen MR) is 199 cm³/mol. The highest BCUT2D eigenvalue weighted by molar-refractivity contribution is 6.35. The summed E-state index contributed by atoms with van der Waals surface area (Å²) in [5.41, 5.74) is 13.8. The molecule has 0 aromatic heterocycles. The molecule has 13 heteroatoms. The van der Waals surface area contributed by atoms with Gasteiger partial charge in [-0.2, -0.15) is 0 Å². The van der Waals surface area contributed by atoms with Crippen molar-refractivity contribution >= 4 is 35.3 Å². The molecule has 0 unspecified atom stereocenters. The number of nitrogens with one attached hydrogen (secondary N) is 3. The molecular weight excluding hydrogens is 662 g/mol. The van der Waals surface area contributed by atoms with E-state index in [0.29, 0.717) is 45.2 Å². The van der Waals surface area contributed by atoms with Gasteiger partial charge in [0, 0.05) is 45.1 Å². The van der Waals surface area contributed by atoms with Gasteiger partial charge in [-0.05, 0) is 69.0 Å². The Balaban J connectivity index is 1.74. The van der Waals surface area contributed by atoms with E-state index in [1.807, 2.05) is 74.5 Å². The molecular formula is C39H57N7O6. The van der Waals surface area contributed by atoms with Crippen LogP contribution in [0.25, 0.3) is 0 Å². The Kier molecular flexibility index (Phi) is 17.4. The van der Waals surface area contributed by atoms with Gasteiger partial charge in [-0.25, -0.2) is 0 Å². The first-order valence-corrected chi connectivity index (χ1v) is 18.5. The minimum absolute atomic E-state index is 0.0620. The van der Waals surface area contributed by atoms with E-state index in [1.54, 1.807) is 11.8 Å². The Morgan fingerprint density at radius 2 is 1.31 bits per heavy atom. The van der Waals surface area contributed by atoms with Gasteiger partial charge in [0.25, 0.3) is 0 Å². The topological polar surface area (TPSA) is 197 Å². The van der Waals surface area contributed by atoms with E-state index in [1.165, 1.54) is 4.90 Å². The fraction of sp³-hybridized carbons (Fsp3) is 0.538. The van der Waals surface area contributed by atoms with E-state index in [-0.39, 0.29) is 56.6 Å². The number of nitrogens with two attached hydrogens (primary N) is 2. The third kappa shape index (κ3) is 13.5. The summed E-state index contributed by atoms with van der Waals surface area (Å²) in [6.07, 6.45) is 2.40. The van der Waals surface area contributed by atoms with Crippen molar-refractivity contribution in [3.63, 3.8) is 0 Å². The van der Waals surface area contributed by atoms with Crippen molar-refractivity contribution in [2.75, 3.05) is 39.3 Å². The van der Waals surface area contributed by atoms with Gasteiger partial charge in [-0.15, -0.1) is 0 Å². The molecule has 284 valence electrons. The van der Waals surface area contributed by atoms with Gasteiger partial charge >= 0.3 is 11.8 Å². The van der Waals surface area contributed by atoms with Crippen LogP contribution in [0.2, 0.25) is 0 Å². The summed E-state index contributed by atoms with van der Waals surface area (Å²) in [6.45, 7) is 7.24. The highest BCUT2D eigenvalue weighted by Gasteiger charge is 2.34. The largest absolute Gasteiger partial charge is 0.348 e. The molecule has 1 saturated heterocycles. The number of carbonyl (C=O) groups excluding carboxylic acids is 6. The van der Waals surface area contributed by atoms with Gasteiger partial charge in [0.05, 0.1) is 12.1 Å². The molecule has 52 heavy (non-hydrogen) atoms. The Labute approximate surface area is 307 Å². The Hall–Kier alpha value is -4.62. The lowest BCUT2D eigenvalue weighted by Gasteiger charge is -2.36. The van der Waals surface area contributed by atoms with Crippen LogP contribution >= 0.6 is 0 Å². The molecule has 2 aromatic rings. The van der Waals surface area contributed by atoms with E-state index in [4.69, 9.17) is 11.5 Å². The smallest absolute Gasteiger partial charge is 0.312 e. The summed E-state index contributed by atoms with van der Waals surface area (Å²) in [4.78, 5) is 82.6. The number of likely N-dealkylation sites (N-methyl/N-ethyl adjacent to an activating group) is 1. The van der Waals surface area contributed by atoms with Crippen molar-refractivity contribution in [2.45, 2.75) is 83.8 Å². The van der Waals surface area contributed by atoms with E-state index in [2.05, 4.69) is 16.0 Å². The Morgan fingerprint density at radius 3 is 1.87 bits per heavy atom. The summed E-state index contributed by atoms with van der Waals surface area (Å²) in [5, 5.41) is 8.33. The first-order valence-electron chi connectivity index (χ1n) is 18.5. The van der Waals surface area contributed by atoms with Crippen LogP contribution in [0.1, 0.15) is 64.0 Å². The van der Waals surface area contributed by atoms with E-state index in [0.717, 1.165) is 11.1 Å². The third-order valence-corrected chi connectivity index (χ3v) is 9.17. The summed E-state index contributed by atoms with van der Waals surface area (Å²) in [7, 11) is 0. The number of Topliss-reactive ketones (excluding diaryl/α,β-unsaturated/α-hetero) is 1. The molecule has 0 spiro atoms. The number of carbonyl (C=O) groups is 6. The van der Waals surface area contributed by atoms with Crippen LogP contribution in [0.3, 0.4) is 0 Å². The fourth-order valence-electron chi connectivity index (χ4n) is 6.34. The van der Waals surface area contributed by atoms with Gasteiger partial charge in [-0.3, -0.25) is 28.8 Å². The van der Waals surface area contributed by atoms with Crippen molar-refractivity contribution in [3.8, 4) is 0 Å². The molecule has 0 saturated carbocycles. The fourth-order valence-corrected chi connectivity index (χ4v) is 6.34. The maximum Gasteiger partial charge on any atom is 0.312 e. The lowest BCUT2D eigenvalue weighted by Crippen LogP contribution is -2.58. The van der Waals surface area contributed by atoms with Crippen molar-refractivity contribution in [1.82, 2.24) is 25.8 Å². The Morgan fingerprint density at radius 1 is 0.750 bits per heavy atom. The first-order chi connectivity index (χ1) is 24.9. The number of ketones is 1. The molecule has 0 radical (unpaired) electrons. The molecule has 4 atom stereocenters. The second-order valence-electron chi connectivity index (χ2n) is 13.9. The number of hydrogen-bond donors (Lipinski definition) is 5. The zero-order valence-corrected chi connectivity index (χ0v) is 30.9. The van der Waals surface area contributed by atoms with Crippen LogP contribution in [-0.4, -0.2) is 103 Å². The molecule has 1 fully saturated rings. The van der Waals surface area contributed by atoms with Crippen LogP contribution in [0.4, 0.5) is 0 Å². The number of unbranched alkanes of at least 4 members (excludes halogenated alkanes) is 1. The molecule has 0 aliphatic carbocycles. The zero-order chi connectivity index (χ0) is 38.0. The van der Waals surface area contributed by atoms with E-state index in [9.17, 15) is 28.8 Å². The second-order valence-corrected chi connectivity index (χ2v) is 13.9. The monoisotopic (exact) mass is 719 g/mol. The average molecular weight is 720 g/mol. The van der Waals surface area contributed by atoms with Crippen LogP contribution in [-0.2, 0) is 41.6 Å². The predicted octanol–water partition coefficient (Wildman–Crippen LogP) is 1.33. The van der Waals surface area contributed by atoms with Crippen molar-refractivity contribution in [1.29, 1.82) is 0 Å². The second kappa shape index (κ2) is 21.7.